The zero-order valence-corrected chi connectivity index (χ0v) is 7.33. The molecule has 0 bridgehead atoms. The zero-order valence-electron chi connectivity index (χ0n) is 7.33. The molecule has 2 heteroatoms. The zero-order chi connectivity index (χ0) is 8.39. The molecule has 0 aromatic carbocycles. The molecule has 2 nitrogen and oxygen atoms in total. The highest BCUT2D eigenvalue weighted by Gasteiger charge is 2.23. The van der Waals surface area contributed by atoms with Gasteiger partial charge in [-0.2, -0.15) is 0 Å². The summed E-state index contributed by atoms with van der Waals surface area (Å²) in [6.07, 6.45) is 5.05. The van der Waals surface area contributed by atoms with Crippen LogP contribution in [0, 0.1) is 0 Å². The van der Waals surface area contributed by atoms with Crippen LogP contribution in [0.3, 0.4) is 0 Å². The summed E-state index contributed by atoms with van der Waals surface area (Å²) in [6.45, 7) is 3.38. The Hall–Kier alpha value is -0.890. The molecular formula is C10H14N2. The smallest absolute Gasteiger partial charge is 0.0303 e. The molecular weight excluding hydrogens is 148 g/mol. The second kappa shape index (κ2) is 3.23. The molecule has 0 spiro atoms. The predicted molar refractivity (Wildman–Crippen MR) is 49.1 cm³/mol. The Morgan fingerprint density at radius 3 is 3.08 bits per heavy atom. The molecule has 2 atom stereocenters. The second-order valence-electron chi connectivity index (χ2n) is 3.42. The minimum absolute atomic E-state index is 0.606. The van der Waals surface area contributed by atoms with Gasteiger partial charge < -0.3 is 5.32 Å². The molecule has 1 aromatic heterocycles. The van der Waals surface area contributed by atoms with Crippen molar-refractivity contribution in [3.05, 3.63) is 30.1 Å². The molecule has 12 heavy (non-hydrogen) atoms. The molecule has 2 heterocycles. The van der Waals surface area contributed by atoms with Crippen LogP contribution in [0.5, 0.6) is 0 Å². The number of hydrogen-bond donors (Lipinski definition) is 1. The van der Waals surface area contributed by atoms with Crippen LogP contribution in [-0.4, -0.2) is 17.6 Å². The van der Waals surface area contributed by atoms with Gasteiger partial charge in [0, 0.05) is 24.4 Å². The number of nitrogens with one attached hydrogen (secondary N) is 1. The molecule has 2 unspecified atom stereocenters. The molecule has 0 amide bonds. The summed E-state index contributed by atoms with van der Waals surface area (Å²) < 4.78 is 0. The lowest BCUT2D eigenvalue weighted by atomic mass is 9.94. The van der Waals surface area contributed by atoms with Gasteiger partial charge in [0.2, 0.25) is 0 Å². The summed E-state index contributed by atoms with van der Waals surface area (Å²) in [4.78, 5) is 4.14. The molecule has 0 aliphatic carbocycles. The molecule has 2 rings (SSSR count). The second-order valence-corrected chi connectivity index (χ2v) is 3.42. The summed E-state index contributed by atoms with van der Waals surface area (Å²) in [6, 6.07) is 4.79. The van der Waals surface area contributed by atoms with Gasteiger partial charge in [-0.3, -0.25) is 4.98 Å². The number of aromatic nitrogens is 1. The Labute approximate surface area is 73.0 Å². The first kappa shape index (κ1) is 7.74. The average molecular weight is 162 g/mol. The van der Waals surface area contributed by atoms with Gasteiger partial charge in [-0.1, -0.05) is 6.07 Å². The minimum atomic E-state index is 0.606. The fourth-order valence-electron chi connectivity index (χ4n) is 1.91. The van der Waals surface area contributed by atoms with Crippen LogP contribution < -0.4 is 5.32 Å². The first-order valence-corrected chi connectivity index (χ1v) is 4.51. The maximum atomic E-state index is 4.14. The van der Waals surface area contributed by atoms with Gasteiger partial charge in [0.1, 0.15) is 0 Å². The van der Waals surface area contributed by atoms with Crippen LogP contribution in [0.25, 0.3) is 0 Å². The average Bonchev–Trinajstić information content (AvgIpc) is 2.53. The van der Waals surface area contributed by atoms with Gasteiger partial charge in [-0.25, -0.2) is 0 Å². The van der Waals surface area contributed by atoms with E-state index < -0.39 is 0 Å². The summed E-state index contributed by atoms with van der Waals surface area (Å²) in [7, 11) is 0. The highest BCUT2D eigenvalue weighted by molar-refractivity contribution is 5.18. The van der Waals surface area contributed by atoms with E-state index in [-0.39, 0.29) is 0 Å². The highest BCUT2D eigenvalue weighted by Crippen LogP contribution is 2.26. The van der Waals surface area contributed by atoms with E-state index in [1.54, 1.807) is 0 Å². The lowest BCUT2D eigenvalue weighted by Crippen LogP contribution is -2.21. The highest BCUT2D eigenvalue weighted by atomic mass is 14.9. The lowest BCUT2D eigenvalue weighted by Gasteiger charge is -2.14. The van der Waals surface area contributed by atoms with Gasteiger partial charge in [0.15, 0.2) is 0 Å². The van der Waals surface area contributed by atoms with Crippen LogP contribution in [0.1, 0.15) is 24.8 Å². The number of nitrogens with zero attached hydrogens (tertiary/aromatic N) is 1. The normalized spacial score (nSPS) is 29.1. The predicted octanol–water partition coefficient (Wildman–Crippen LogP) is 1.55. The van der Waals surface area contributed by atoms with E-state index in [0.29, 0.717) is 12.0 Å². The summed E-state index contributed by atoms with van der Waals surface area (Å²) in [5, 5.41) is 3.44. The van der Waals surface area contributed by atoms with E-state index in [1.807, 2.05) is 18.5 Å². The van der Waals surface area contributed by atoms with Crippen molar-refractivity contribution in [2.24, 2.45) is 0 Å². The fraction of sp³-hybridized carbons (Fsp3) is 0.500. The quantitative estimate of drug-likeness (QED) is 0.677. The monoisotopic (exact) mass is 162 g/mol. The summed E-state index contributed by atoms with van der Waals surface area (Å²) in [5.41, 5.74) is 1.37. The van der Waals surface area contributed by atoms with Crippen LogP contribution in [0.2, 0.25) is 0 Å². The third kappa shape index (κ3) is 1.34. The standard InChI is InChI=1S/C10H14N2/c1-8-10(4-6-12-8)9-3-2-5-11-7-9/h2-3,5,7-8,10,12H,4,6H2,1H3. The van der Waals surface area contributed by atoms with E-state index in [2.05, 4.69) is 23.3 Å². The Bertz CT molecular complexity index is 245. The molecule has 1 aliphatic rings. The minimum Gasteiger partial charge on any atom is -0.314 e. The van der Waals surface area contributed by atoms with Crippen molar-refractivity contribution < 1.29 is 0 Å². The Morgan fingerprint density at radius 2 is 2.50 bits per heavy atom. The van der Waals surface area contributed by atoms with Crippen molar-refractivity contribution in [1.29, 1.82) is 0 Å². The summed E-state index contributed by atoms with van der Waals surface area (Å²) in [5.74, 6) is 0.665. The van der Waals surface area contributed by atoms with Gasteiger partial charge in [-0.05, 0) is 31.5 Å². The molecule has 1 fully saturated rings. The molecule has 64 valence electrons. The molecule has 0 saturated carbocycles. The van der Waals surface area contributed by atoms with Gasteiger partial charge in [0.25, 0.3) is 0 Å². The first-order valence-electron chi connectivity index (χ1n) is 4.51. The molecule has 1 N–H and O–H groups in total. The van der Waals surface area contributed by atoms with Crippen molar-refractivity contribution in [2.75, 3.05) is 6.54 Å². The van der Waals surface area contributed by atoms with E-state index in [9.17, 15) is 0 Å². The van der Waals surface area contributed by atoms with Gasteiger partial charge in [-0.15, -0.1) is 0 Å². The summed E-state index contributed by atoms with van der Waals surface area (Å²) >= 11 is 0. The largest absolute Gasteiger partial charge is 0.314 e. The van der Waals surface area contributed by atoms with E-state index in [0.717, 1.165) is 6.54 Å². The number of pyridine rings is 1. The third-order valence-corrected chi connectivity index (χ3v) is 2.64. The lowest BCUT2D eigenvalue weighted by molar-refractivity contribution is 0.593. The van der Waals surface area contributed by atoms with Crippen molar-refractivity contribution in [3.8, 4) is 0 Å². The van der Waals surface area contributed by atoms with Gasteiger partial charge in [0.05, 0.1) is 0 Å². The Kier molecular flexibility index (Phi) is 2.09. The van der Waals surface area contributed by atoms with E-state index in [1.165, 1.54) is 12.0 Å². The van der Waals surface area contributed by atoms with Crippen molar-refractivity contribution in [1.82, 2.24) is 10.3 Å². The molecule has 0 radical (unpaired) electrons. The van der Waals surface area contributed by atoms with E-state index in [4.69, 9.17) is 0 Å². The maximum Gasteiger partial charge on any atom is 0.0303 e. The SMILES string of the molecule is CC1NCCC1c1cccnc1. The third-order valence-electron chi connectivity index (χ3n) is 2.64. The number of rotatable bonds is 1. The molecule has 1 saturated heterocycles. The Morgan fingerprint density at radius 1 is 1.58 bits per heavy atom. The van der Waals surface area contributed by atoms with Gasteiger partial charge >= 0.3 is 0 Å². The van der Waals surface area contributed by atoms with Crippen molar-refractivity contribution in [2.45, 2.75) is 25.3 Å². The first-order chi connectivity index (χ1) is 5.88. The topological polar surface area (TPSA) is 24.9 Å². The van der Waals surface area contributed by atoms with Crippen LogP contribution >= 0.6 is 0 Å². The van der Waals surface area contributed by atoms with Crippen LogP contribution in [0.15, 0.2) is 24.5 Å². The fourth-order valence-corrected chi connectivity index (χ4v) is 1.91. The Balaban J connectivity index is 2.19. The molecule has 1 aromatic rings. The number of hydrogen-bond acceptors (Lipinski definition) is 2. The van der Waals surface area contributed by atoms with Crippen LogP contribution in [-0.2, 0) is 0 Å². The molecule has 1 aliphatic heterocycles. The van der Waals surface area contributed by atoms with E-state index >= 15 is 0 Å². The van der Waals surface area contributed by atoms with Crippen LogP contribution in [0.4, 0.5) is 0 Å². The van der Waals surface area contributed by atoms with Crippen molar-refractivity contribution in [3.63, 3.8) is 0 Å². The van der Waals surface area contributed by atoms with Crippen molar-refractivity contribution >= 4 is 0 Å². The maximum absolute atomic E-state index is 4.14.